The lowest BCUT2D eigenvalue weighted by atomic mass is 10.1. The summed E-state index contributed by atoms with van der Waals surface area (Å²) in [7, 11) is 0. The second-order valence-electron chi connectivity index (χ2n) is 4.63. The molecule has 0 aliphatic rings. The molecule has 0 radical (unpaired) electrons. The van der Waals surface area contributed by atoms with Crippen LogP contribution in [0.15, 0.2) is 36.5 Å². The summed E-state index contributed by atoms with van der Waals surface area (Å²) in [4.78, 5) is 3.31. The first-order chi connectivity index (χ1) is 9.91. The molecule has 0 bridgehead atoms. The molecule has 0 atom stereocenters. The summed E-state index contributed by atoms with van der Waals surface area (Å²) < 4.78 is 38.0. The van der Waals surface area contributed by atoms with Gasteiger partial charge < -0.3 is 11.1 Å². The number of pyridine rings is 1. The van der Waals surface area contributed by atoms with Gasteiger partial charge in [0.25, 0.3) is 0 Å². The molecule has 0 saturated carbocycles. The summed E-state index contributed by atoms with van der Waals surface area (Å²) >= 11 is 0. The molecule has 0 amide bonds. The Morgan fingerprint density at radius 3 is 2.48 bits per heavy atom. The molecule has 3 nitrogen and oxygen atoms in total. The molecule has 6 heteroatoms. The number of aryl methyl sites for hydroxylation is 1. The quantitative estimate of drug-likeness (QED) is 0.900. The van der Waals surface area contributed by atoms with E-state index >= 15 is 0 Å². The van der Waals surface area contributed by atoms with Crippen molar-refractivity contribution in [1.82, 2.24) is 4.98 Å². The van der Waals surface area contributed by atoms with Crippen molar-refractivity contribution in [3.8, 4) is 0 Å². The molecular weight excluding hydrogens is 279 g/mol. The van der Waals surface area contributed by atoms with Crippen molar-refractivity contribution in [2.24, 2.45) is 0 Å². The van der Waals surface area contributed by atoms with Crippen LogP contribution in [0.4, 0.5) is 24.5 Å². The molecule has 1 aromatic heterocycles. The minimum absolute atomic E-state index is 0.192. The number of rotatable bonds is 4. The molecule has 0 saturated heterocycles. The van der Waals surface area contributed by atoms with Gasteiger partial charge >= 0.3 is 6.18 Å². The number of hydrogen-bond donors (Lipinski definition) is 2. The third-order valence-corrected chi connectivity index (χ3v) is 3.19. The van der Waals surface area contributed by atoms with E-state index in [1.807, 2.05) is 31.2 Å². The van der Waals surface area contributed by atoms with Gasteiger partial charge in [-0.1, -0.05) is 31.2 Å². The number of nitrogens with zero attached hydrogens (tertiary/aromatic N) is 1. The van der Waals surface area contributed by atoms with Crippen molar-refractivity contribution < 1.29 is 13.2 Å². The molecule has 112 valence electrons. The van der Waals surface area contributed by atoms with Crippen LogP contribution in [0.2, 0.25) is 0 Å². The van der Waals surface area contributed by atoms with Crippen LogP contribution in [-0.2, 0) is 19.1 Å². The van der Waals surface area contributed by atoms with Gasteiger partial charge in [-0.25, -0.2) is 4.98 Å². The molecule has 2 aromatic rings. The number of nitrogens with one attached hydrogen (secondary N) is 1. The maximum absolute atomic E-state index is 12.7. The second-order valence-corrected chi connectivity index (χ2v) is 4.63. The number of benzene rings is 1. The first kappa shape index (κ1) is 15.2. The van der Waals surface area contributed by atoms with Gasteiger partial charge in [-0.05, 0) is 23.6 Å². The minimum atomic E-state index is -4.48. The number of hydrogen-bond acceptors (Lipinski definition) is 3. The Morgan fingerprint density at radius 2 is 1.86 bits per heavy atom. The SMILES string of the molecule is CCc1ccccc1CNc1cc(C(F)(F)F)ncc1N. The standard InChI is InChI=1S/C15H16F3N3/c1-2-10-5-3-4-6-11(10)8-20-13-7-14(15(16,17)18)21-9-12(13)19/h3-7,9H,2,8,19H2,1H3,(H,20,21). The predicted octanol–water partition coefficient (Wildman–Crippen LogP) is 3.86. The summed E-state index contributed by atoms with van der Waals surface area (Å²) in [5.41, 5.74) is 7.33. The normalized spacial score (nSPS) is 11.4. The molecular formula is C15H16F3N3. The van der Waals surface area contributed by atoms with Crippen molar-refractivity contribution in [2.75, 3.05) is 11.1 Å². The third-order valence-electron chi connectivity index (χ3n) is 3.19. The molecule has 0 fully saturated rings. The topological polar surface area (TPSA) is 50.9 Å². The molecule has 1 aromatic carbocycles. The Bertz CT molecular complexity index is 624. The van der Waals surface area contributed by atoms with E-state index in [4.69, 9.17) is 5.73 Å². The van der Waals surface area contributed by atoms with E-state index in [2.05, 4.69) is 10.3 Å². The summed E-state index contributed by atoms with van der Waals surface area (Å²) in [6, 6.07) is 8.70. The molecule has 3 N–H and O–H groups in total. The highest BCUT2D eigenvalue weighted by Gasteiger charge is 2.32. The molecule has 0 aliphatic heterocycles. The third kappa shape index (κ3) is 3.65. The lowest BCUT2D eigenvalue weighted by molar-refractivity contribution is -0.141. The number of halogens is 3. The van der Waals surface area contributed by atoms with Gasteiger partial charge in [0.15, 0.2) is 0 Å². The van der Waals surface area contributed by atoms with E-state index in [0.717, 1.165) is 29.8 Å². The largest absolute Gasteiger partial charge is 0.433 e. The highest BCUT2D eigenvalue weighted by molar-refractivity contribution is 5.65. The van der Waals surface area contributed by atoms with Crippen LogP contribution < -0.4 is 11.1 Å². The lowest BCUT2D eigenvalue weighted by Gasteiger charge is -2.14. The fourth-order valence-electron chi connectivity index (χ4n) is 2.04. The Kier molecular flexibility index (Phi) is 4.35. The fourth-order valence-corrected chi connectivity index (χ4v) is 2.04. The zero-order valence-corrected chi connectivity index (χ0v) is 11.5. The van der Waals surface area contributed by atoms with Gasteiger partial charge in [-0.2, -0.15) is 13.2 Å². The minimum Gasteiger partial charge on any atom is -0.396 e. The van der Waals surface area contributed by atoms with Gasteiger partial charge in [0.05, 0.1) is 17.6 Å². The van der Waals surface area contributed by atoms with Gasteiger partial charge in [0, 0.05) is 6.54 Å². The van der Waals surface area contributed by atoms with Gasteiger partial charge in [-0.3, -0.25) is 0 Å². The molecule has 1 heterocycles. The van der Waals surface area contributed by atoms with E-state index < -0.39 is 11.9 Å². The highest BCUT2D eigenvalue weighted by Crippen LogP contribution is 2.31. The highest BCUT2D eigenvalue weighted by atomic mass is 19.4. The van der Waals surface area contributed by atoms with Crippen molar-refractivity contribution in [3.63, 3.8) is 0 Å². The molecule has 0 unspecified atom stereocenters. The molecule has 0 aliphatic carbocycles. The summed E-state index contributed by atoms with van der Waals surface area (Å²) in [6.07, 6.45) is -2.60. The number of nitrogens with two attached hydrogens (primary N) is 1. The Hall–Kier alpha value is -2.24. The van der Waals surface area contributed by atoms with E-state index in [1.54, 1.807) is 0 Å². The van der Waals surface area contributed by atoms with E-state index in [1.165, 1.54) is 0 Å². The monoisotopic (exact) mass is 295 g/mol. The summed E-state index contributed by atoms with van der Waals surface area (Å²) in [6.45, 7) is 2.44. The average molecular weight is 295 g/mol. The zero-order chi connectivity index (χ0) is 15.5. The van der Waals surface area contributed by atoms with Crippen LogP contribution in [-0.4, -0.2) is 4.98 Å². The zero-order valence-electron chi connectivity index (χ0n) is 11.5. The molecule has 2 rings (SSSR count). The van der Waals surface area contributed by atoms with E-state index in [9.17, 15) is 13.2 Å². The van der Waals surface area contributed by atoms with Crippen LogP contribution in [0.3, 0.4) is 0 Å². The first-order valence-corrected chi connectivity index (χ1v) is 6.55. The number of aromatic nitrogens is 1. The van der Waals surface area contributed by atoms with Gasteiger partial charge in [0.2, 0.25) is 0 Å². The average Bonchev–Trinajstić information content (AvgIpc) is 2.45. The fraction of sp³-hybridized carbons (Fsp3) is 0.267. The summed E-state index contributed by atoms with van der Waals surface area (Å²) in [5, 5.41) is 2.95. The first-order valence-electron chi connectivity index (χ1n) is 6.55. The maximum atomic E-state index is 12.7. The number of alkyl halides is 3. The Labute approximate surface area is 121 Å². The van der Waals surface area contributed by atoms with Crippen molar-refractivity contribution in [2.45, 2.75) is 26.1 Å². The Balaban J connectivity index is 2.20. The van der Waals surface area contributed by atoms with Gasteiger partial charge in [0.1, 0.15) is 5.69 Å². The molecule has 21 heavy (non-hydrogen) atoms. The van der Waals surface area contributed by atoms with Crippen LogP contribution in [0.1, 0.15) is 23.7 Å². The Morgan fingerprint density at radius 1 is 1.19 bits per heavy atom. The van der Waals surface area contributed by atoms with Crippen LogP contribution in [0.25, 0.3) is 0 Å². The van der Waals surface area contributed by atoms with Crippen LogP contribution in [0, 0.1) is 0 Å². The van der Waals surface area contributed by atoms with Crippen LogP contribution >= 0.6 is 0 Å². The maximum Gasteiger partial charge on any atom is 0.433 e. The van der Waals surface area contributed by atoms with Crippen molar-refractivity contribution in [1.29, 1.82) is 0 Å². The number of nitrogen functional groups attached to an aromatic ring is 1. The van der Waals surface area contributed by atoms with E-state index in [0.29, 0.717) is 6.54 Å². The smallest absolute Gasteiger partial charge is 0.396 e. The number of anilines is 2. The second kappa shape index (κ2) is 6.03. The predicted molar refractivity (Wildman–Crippen MR) is 76.8 cm³/mol. The van der Waals surface area contributed by atoms with Crippen LogP contribution in [0.5, 0.6) is 0 Å². The van der Waals surface area contributed by atoms with Crippen molar-refractivity contribution in [3.05, 3.63) is 53.3 Å². The molecule has 0 spiro atoms. The van der Waals surface area contributed by atoms with Crippen molar-refractivity contribution >= 4 is 11.4 Å². The van der Waals surface area contributed by atoms with E-state index in [-0.39, 0.29) is 11.4 Å². The lowest BCUT2D eigenvalue weighted by Crippen LogP contribution is -2.11. The van der Waals surface area contributed by atoms with Gasteiger partial charge in [-0.15, -0.1) is 0 Å². The summed E-state index contributed by atoms with van der Waals surface area (Å²) in [5.74, 6) is 0.